The normalized spacial score (nSPS) is 19.3. The number of phenols is 1. The minimum atomic E-state index is -0.168. The summed E-state index contributed by atoms with van der Waals surface area (Å²) in [6.45, 7) is 4.83. The summed E-state index contributed by atoms with van der Waals surface area (Å²) in [5, 5.41) is 11.0. The first-order chi connectivity index (χ1) is 13.0. The number of benzene rings is 2. The molecule has 2 aromatic carbocycles. The molecule has 0 bridgehead atoms. The summed E-state index contributed by atoms with van der Waals surface area (Å²) in [5.41, 5.74) is 1.99. The highest BCUT2D eigenvalue weighted by molar-refractivity contribution is 6.30. The van der Waals surface area contributed by atoms with E-state index < -0.39 is 0 Å². The Labute approximate surface area is 164 Å². The predicted molar refractivity (Wildman–Crippen MR) is 106 cm³/mol. The SMILES string of the molecule is CC1CCN(Cc2c(O)ccc3c2O/C(=C\c2cccc(Cl)c2)C3=O)CC1. The Hall–Kier alpha value is -2.30. The Kier molecular flexibility index (Phi) is 4.94. The molecule has 4 rings (SSSR count). The van der Waals surface area contributed by atoms with Crippen molar-refractivity contribution in [2.75, 3.05) is 13.1 Å². The quantitative estimate of drug-likeness (QED) is 0.766. The molecule has 2 aliphatic rings. The lowest BCUT2D eigenvalue weighted by Gasteiger charge is -2.30. The van der Waals surface area contributed by atoms with Crippen molar-refractivity contribution in [1.29, 1.82) is 0 Å². The monoisotopic (exact) mass is 383 g/mol. The summed E-state index contributed by atoms with van der Waals surface area (Å²) in [7, 11) is 0. The van der Waals surface area contributed by atoms with Crippen LogP contribution in [0, 0.1) is 5.92 Å². The molecule has 27 heavy (non-hydrogen) atoms. The van der Waals surface area contributed by atoms with E-state index in [-0.39, 0.29) is 17.3 Å². The molecule has 1 saturated heterocycles. The maximum Gasteiger partial charge on any atom is 0.231 e. The molecule has 5 heteroatoms. The average molecular weight is 384 g/mol. The van der Waals surface area contributed by atoms with Gasteiger partial charge in [0.1, 0.15) is 11.5 Å². The second-order valence-corrected chi connectivity index (χ2v) is 7.83. The first-order valence-electron chi connectivity index (χ1n) is 9.28. The Morgan fingerprint density at radius 1 is 1.26 bits per heavy atom. The zero-order valence-electron chi connectivity index (χ0n) is 15.2. The van der Waals surface area contributed by atoms with Crippen LogP contribution in [0.2, 0.25) is 5.02 Å². The molecule has 4 nitrogen and oxygen atoms in total. The topological polar surface area (TPSA) is 49.8 Å². The number of ketones is 1. The van der Waals surface area contributed by atoms with Crippen LogP contribution < -0.4 is 4.74 Å². The summed E-state index contributed by atoms with van der Waals surface area (Å²) < 4.78 is 5.92. The van der Waals surface area contributed by atoms with Gasteiger partial charge in [-0.15, -0.1) is 0 Å². The molecule has 140 valence electrons. The largest absolute Gasteiger partial charge is 0.507 e. The van der Waals surface area contributed by atoms with Crippen LogP contribution in [0.15, 0.2) is 42.2 Å². The molecule has 0 amide bonds. The van der Waals surface area contributed by atoms with Gasteiger partial charge in [-0.25, -0.2) is 0 Å². The van der Waals surface area contributed by atoms with E-state index in [0.717, 1.165) is 37.4 Å². The van der Waals surface area contributed by atoms with Crippen molar-refractivity contribution in [2.45, 2.75) is 26.3 Å². The van der Waals surface area contributed by atoms with Crippen LogP contribution >= 0.6 is 11.6 Å². The van der Waals surface area contributed by atoms with Crippen LogP contribution in [0.3, 0.4) is 0 Å². The lowest BCUT2D eigenvalue weighted by Crippen LogP contribution is -2.32. The van der Waals surface area contributed by atoms with Crippen molar-refractivity contribution >= 4 is 23.5 Å². The molecule has 0 aliphatic carbocycles. The van der Waals surface area contributed by atoms with E-state index in [1.807, 2.05) is 12.1 Å². The van der Waals surface area contributed by atoms with E-state index in [1.54, 1.807) is 30.3 Å². The number of hydrogen-bond acceptors (Lipinski definition) is 4. The van der Waals surface area contributed by atoms with E-state index >= 15 is 0 Å². The smallest absolute Gasteiger partial charge is 0.231 e. The molecule has 1 N–H and O–H groups in total. The van der Waals surface area contributed by atoms with Gasteiger partial charge in [0.05, 0.1) is 11.1 Å². The van der Waals surface area contributed by atoms with Crippen LogP contribution in [-0.2, 0) is 6.54 Å². The summed E-state index contributed by atoms with van der Waals surface area (Å²) in [5.74, 6) is 1.47. The third-order valence-electron chi connectivity index (χ3n) is 5.32. The van der Waals surface area contributed by atoms with E-state index in [4.69, 9.17) is 16.3 Å². The number of rotatable bonds is 3. The molecule has 1 fully saturated rings. The van der Waals surface area contributed by atoms with Crippen LogP contribution in [0.1, 0.15) is 41.3 Å². The van der Waals surface area contributed by atoms with Gasteiger partial charge in [0, 0.05) is 11.6 Å². The number of hydrogen-bond donors (Lipinski definition) is 1. The highest BCUT2D eigenvalue weighted by Crippen LogP contribution is 2.40. The van der Waals surface area contributed by atoms with E-state index in [1.165, 1.54) is 0 Å². The number of phenolic OH excluding ortho intramolecular Hbond substituents is 1. The van der Waals surface area contributed by atoms with Crippen LogP contribution in [-0.4, -0.2) is 28.9 Å². The Bertz CT molecular complexity index is 914. The fourth-order valence-corrected chi connectivity index (χ4v) is 3.84. The Balaban J connectivity index is 1.63. The summed E-state index contributed by atoms with van der Waals surface area (Å²) in [6, 6.07) is 10.5. The zero-order valence-corrected chi connectivity index (χ0v) is 16.0. The van der Waals surface area contributed by atoms with Crippen LogP contribution in [0.5, 0.6) is 11.5 Å². The molecule has 0 spiro atoms. The first-order valence-corrected chi connectivity index (χ1v) is 9.66. The lowest BCUT2D eigenvalue weighted by atomic mass is 9.98. The van der Waals surface area contributed by atoms with Gasteiger partial charge in [0.2, 0.25) is 5.78 Å². The van der Waals surface area contributed by atoms with Crippen LogP contribution in [0.4, 0.5) is 0 Å². The highest BCUT2D eigenvalue weighted by atomic mass is 35.5. The number of likely N-dealkylation sites (tertiary alicyclic amines) is 1. The number of Topliss-reactive ketones (excluding diaryl/α,β-unsaturated/α-hetero) is 1. The van der Waals surface area contributed by atoms with Gasteiger partial charge in [0.25, 0.3) is 0 Å². The van der Waals surface area contributed by atoms with Gasteiger partial charge in [0.15, 0.2) is 5.76 Å². The van der Waals surface area contributed by atoms with Gasteiger partial charge in [-0.3, -0.25) is 9.69 Å². The number of piperidine rings is 1. The number of nitrogens with zero attached hydrogens (tertiary/aromatic N) is 1. The predicted octanol–water partition coefficient (Wildman–Crippen LogP) is 4.89. The lowest BCUT2D eigenvalue weighted by molar-refractivity contribution is 0.101. The fourth-order valence-electron chi connectivity index (χ4n) is 3.64. The van der Waals surface area contributed by atoms with Crippen molar-refractivity contribution in [2.24, 2.45) is 5.92 Å². The molecular weight excluding hydrogens is 362 g/mol. The van der Waals surface area contributed by atoms with Crippen molar-refractivity contribution < 1.29 is 14.6 Å². The molecule has 0 atom stereocenters. The molecular formula is C22H22ClNO3. The molecule has 0 unspecified atom stereocenters. The fraction of sp³-hybridized carbons (Fsp3) is 0.318. The third-order valence-corrected chi connectivity index (χ3v) is 5.56. The minimum absolute atomic E-state index is 0.168. The summed E-state index contributed by atoms with van der Waals surface area (Å²) in [6.07, 6.45) is 3.99. The van der Waals surface area contributed by atoms with Gasteiger partial charge >= 0.3 is 0 Å². The number of fused-ring (bicyclic) bond motifs is 1. The highest BCUT2D eigenvalue weighted by Gasteiger charge is 2.32. The molecule has 2 aliphatic heterocycles. The summed E-state index contributed by atoms with van der Waals surface area (Å²) in [4.78, 5) is 15.1. The number of aromatic hydroxyl groups is 1. The maximum absolute atomic E-state index is 12.8. The standard InChI is InChI=1S/C22H22ClNO3/c1-14-7-9-24(10-8-14)13-18-19(25)6-5-17-21(26)20(27-22(17)18)12-15-3-2-4-16(23)11-15/h2-6,11-12,14,25H,7-10,13H2,1H3/b20-12-. The van der Waals surface area contributed by atoms with Gasteiger partial charge < -0.3 is 9.84 Å². The Morgan fingerprint density at radius 3 is 2.78 bits per heavy atom. The van der Waals surface area contributed by atoms with Crippen molar-refractivity contribution in [3.05, 3.63) is 63.9 Å². The maximum atomic E-state index is 12.8. The van der Waals surface area contributed by atoms with Crippen LogP contribution in [0.25, 0.3) is 6.08 Å². The molecule has 0 saturated carbocycles. The van der Waals surface area contributed by atoms with E-state index in [9.17, 15) is 9.90 Å². The van der Waals surface area contributed by atoms with E-state index in [0.29, 0.717) is 28.4 Å². The molecule has 2 heterocycles. The molecule has 0 aromatic heterocycles. The molecule has 0 radical (unpaired) electrons. The number of carbonyl (C=O) groups is 1. The first kappa shape index (κ1) is 18.1. The third kappa shape index (κ3) is 3.73. The van der Waals surface area contributed by atoms with Gasteiger partial charge in [-0.1, -0.05) is 30.7 Å². The number of ether oxygens (including phenoxy) is 1. The second kappa shape index (κ2) is 7.37. The summed E-state index contributed by atoms with van der Waals surface area (Å²) >= 11 is 6.03. The van der Waals surface area contributed by atoms with Crippen molar-refractivity contribution in [1.82, 2.24) is 4.90 Å². The number of allylic oxidation sites excluding steroid dienone is 1. The van der Waals surface area contributed by atoms with E-state index in [2.05, 4.69) is 11.8 Å². The van der Waals surface area contributed by atoms with Gasteiger partial charge in [-0.05, 0) is 67.8 Å². The average Bonchev–Trinajstić information content (AvgIpc) is 2.95. The second-order valence-electron chi connectivity index (χ2n) is 7.39. The molecule has 2 aromatic rings. The van der Waals surface area contributed by atoms with Gasteiger partial charge in [-0.2, -0.15) is 0 Å². The minimum Gasteiger partial charge on any atom is -0.507 e. The van der Waals surface area contributed by atoms with Crippen molar-refractivity contribution in [3.8, 4) is 11.5 Å². The zero-order chi connectivity index (χ0) is 19.0. The Morgan fingerprint density at radius 2 is 2.04 bits per heavy atom. The number of halogens is 1. The number of carbonyl (C=O) groups excluding carboxylic acids is 1. The van der Waals surface area contributed by atoms with Crippen molar-refractivity contribution in [3.63, 3.8) is 0 Å².